The van der Waals surface area contributed by atoms with E-state index in [1.165, 1.54) is 14.6 Å². The van der Waals surface area contributed by atoms with Crippen molar-refractivity contribution in [1.82, 2.24) is 10.3 Å². The van der Waals surface area contributed by atoms with Crippen molar-refractivity contribution in [2.45, 2.75) is 18.8 Å². The smallest absolute Gasteiger partial charge is 0.279 e. The number of anilines is 1. The summed E-state index contributed by atoms with van der Waals surface area (Å²) in [6.45, 7) is 2.37. The molecule has 3 aromatic rings. The highest BCUT2D eigenvalue weighted by molar-refractivity contribution is 7.18. The first-order chi connectivity index (χ1) is 14.1. The molecule has 2 aromatic carbocycles. The molecule has 0 atom stereocenters. The molecule has 150 valence electrons. The van der Waals surface area contributed by atoms with Crippen LogP contribution < -0.4 is 15.5 Å². The van der Waals surface area contributed by atoms with Gasteiger partial charge in [-0.2, -0.15) is 0 Å². The minimum atomic E-state index is -0.163. The average Bonchev–Trinajstić information content (AvgIpc) is 3.18. The number of nitrogens with one attached hydrogen (secondary N) is 3. The Labute approximate surface area is 173 Å². The van der Waals surface area contributed by atoms with Crippen LogP contribution in [0.3, 0.4) is 0 Å². The zero-order valence-corrected chi connectivity index (χ0v) is 17.2. The van der Waals surface area contributed by atoms with E-state index in [-0.39, 0.29) is 11.8 Å². The van der Waals surface area contributed by atoms with Gasteiger partial charge in [0, 0.05) is 37.1 Å². The molecule has 4 rings (SSSR count). The summed E-state index contributed by atoms with van der Waals surface area (Å²) in [4.78, 5) is 30.3. The fourth-order valence-corrected chi connectivity index (χ4v) is 4.97. The number of fused-ring (bicyclic) bond motifs is 1. The van der Waals surface area contributed by atoms with Crippen LogP contribution in [0.25, 0.3) is 10.2 Å². The van der Waals surface area contributed by atoms with E-state index in [1.54, 1.807) is 42.6 Å². The number of hydrogen-bond donors (Lipinski definition) is 3. The first kappa shape index (κ1) is 19.5. The summed E-state index contributed by atoms with van der Waals surface area (Å²) in [6, 6.07) is 15.3. The molecule has 2 amide bonds. The standard InChI is InChI=1S/C22H24N4O2S/c1-23-21(28)16-5-4-6-17(13-16)24-20(27)14-26-11-9-15(10-12-26)22-25-18-7-2-3-8-19(18)29-22/h2-8,13,15H,9-12,14H2,1H3,(H,23,28)(H,24,27)/p+1. The van der Waals surface area contributed by atoms with Crippen molar-refractivity contribution in [1.29, 1.82) is 0 Å². The molecule has 3 N–H and O–H groups in total. The first-order valence-electron chi connectivity index (χ1n) is 9.93. The zero-order chi connectivity index (χ0) is 20.2. The van der Waals surface area contributed by atoms with Gasteiger partial charge < -0.3 is 15.5 Å². The van der Waals surface area contributed by atoms with Crippen LogP contribution in [0.2, 0.25) is 0 Å². The van der Waals surface area contributed by atoms with Gasteiger partial charge in [-0.3, -0.25) is 9.59 Å². The molecule has 1 aromatic heterocycles. The lowest BCUT2D eigenvalue weighted by atomic mass is 9.97. The minimum Gasteiger partial charge on any atom is -0.355 e. The quantitative estimate of drug-likeness (QED) is 0.604. The number of aromatic nitrogens is 1. The Bertz CT molecular complexity index is 991. The van der Waals surface area contributed by atoms with E-state index in [9.17, 15) is 9.59 Å². The molecule has 0 aliphatic carbocycles. The summed E-state index contributed by atoms with van der Waals surface area (Å²) in [5.74, 6) is 0.305. The van der Waals surface area contributed by atoms with E-state index < -0.39 is 0 Å². The van der Waals surface area contributed by atoms with E-state index in [2.05, 4.69) is 28.8 Å². The summed E-state index contributed by atoms with van der Waals surface area (Å²) in [7, 11) is 1.59. The fraction of sp³-hybridized carbons (Fsp3) is 0.318. The normalized spacial score (nSPS) is 19.1. The van der Waals surface area contributed by atoms with Crippen LogP contribution in [0, 0.1) is 0 Å². The molecule has 0 saturated carbocycles. The van der Waals surface area contributed by atoms with E-state index in [0.717, 1.165) is 31.4 Å². The number of benzene rings is 2. The number of quaternary nitrogens is 1. The van der Waals surface area contributed by atoms with Crippen molar-refractivity contribution in [3.05, 3.63) is 59.1 Å². The monoisotopic (exact) mass is 409 g/mol. The highest BCUT2D eigenvalue weighted by Gasteiger charge is 2.27. The van der Waals surface area contributed by atoms with Gasteiger partial charge in [0.2, 0.25) is 0 Å². The van der Waals surface area contributed by atoms with Crippen LogP contribution >= 0.6 is 11.3 Å². The number of hydrogen-bond acceptors (Lipinski definition) is 4. The summed E-state index contributed by atoms with van der Waals surface area (Å²) >= 11 is 1.79. The maximum absolute atomic E-state index is 12.5. The number of likely N-dealkylation sites (tertiary alicyclic amines) is 1. The van der Waals surface area contributed by atoms with Crippen molar-refractivity contribution in [3.8, 4) is 0 Å². The van der Waals surface area contributed by atoms with Crippen LogP contribution in [0.4, 0.5) is 5.69 Å². The third-order valence-electron chi connectivity index (χ3n) is 5.40. The van der Waals surface area contributed by atoms with Crippen LogP contribution in [-0.2, 0) is 4.79 Å². The summed E-state index contributed by atoms with van der Waals surface area (Å²) < 4.78 is 1.25. The highest BCUT2D eigenvalue weighted by Crippen LogP contribution is 2.31. The third-order valence-corrected chi connectivity index (χ3v) is 6.60. The van der Waals surface area contributed by atoms with Crippen molar-refractivity contribution in [2.24, 2.45) is 0 Å². The van der Waals surface area contributed by atoms with Crippen LogP contribution in [0.15, 0.2) is 48.5 Å². The Morgan fingerprint density at radius 3 is 2.69 bits per heavy atom. The van der Waals surface area contributed by atoms with Gasteiger partial charge in [-0.05, 0) is 30.3 Å². The summed E-state index contributed by atoms with van der Waals surface area (Å²) in [5.41, 5.74) is 2.27. The molecule has 0 unspecified atom stereocenters. The fourth-order valence-electron chi connectivity index (χ4n) is 3.83. The molecule has 29 heavy (non-hydrogen) atoms. The summed E-state index contributed by atoms with van der Waals surface area (Å²) in [5, 5.41) is 6.74. The second-order valence-corrected chi connectivity index (χ2v) is 8.49. The Kier molecular flexibility index (Phi) is 5.87. The van der Waals surface area contributed by atoms with Crippen molar-refractivity contribution in [2.75, 3.05) is 32.0 Å². The number of carbonyl (C=O) groups is 2. The number of rotatable bonds is 5. The van der Waals surface area contributed by atoms with Crippen molar-refractivity contribution in [3.63, 3.8) is 0 Å². The largest absolute Gasteiger partial charge is 0.355 e. The Morgan fingerprint density at radius 1 is 1.14 bits per heavy atom. The van der Waals surface area contributed by atoms with E-state index in [0.29, 0.717) is 23.7 Å². The number of carbonyl (C=O) groups excluding carboxylic acids is 2. The molecular formula is C22H25N4O2S+. The second-order valence-electron chi connectivity index (χ2n) is 7.43. The topological polar surface area (TPSA) is 75.5 Å². The Morgan fingerprint density at radius 2 is 1.93 bits per heavy atom. The molecule has 0 radical (unpaired) electrons. The Balaban J connectivity index is 1.30. The first-order valence-corrected chi connectivity index (χ1v) is 10.7. The number of nitrogens with zero attached hydrogens (tertiary/aromatic N) is 1. The molecule has 1 saturated heterocycles. The molecule has 2 heterocycles. The van der Waals surface area contributed by atoms with Gasteiger partial charge in [-0.1, -0.05) is 18.2 Å². The molecular weight excluding hydrogens is 384 g/mol. The second kappa shape index (κ2) is 8.71. The number of amides is 2. The van der Waals surface area contributed by atoms with Crippen LogP contribution in [0.5, 0.6) is 0 Å². The van der Waals surface area contributed by atoms with Crippen molar-refractivity contribution < 1.29 is 14.5 Å². The van der Waals surface area contributed by atoms with E-state index >= 15 is 0 Å². The zero-order valence-electron chi connectivity index (χ0n) is 16.4. The van der Waals surface area contributed by atoms with Gasteiger partial charge in [0.05, 0.1) is 28.3 Å². The average molecular weight is 410 g/mol. The molecule has 0 spiro atoms. The molecule has 7 heteroatoms. The molecule has 1 aliphatic rings. The number of piperidine rings is 1. The van der Waals surface area contributed by atoms with Gasteiger partial charge in [-0.15, -0.1) is 11.3 Å². The molecule has 0 bridgehead atoms. The predicted octanol–water partition coefficient (Wildman–Crippen LogP) is 2.06. The van der Waals surface area contributed by atoms with Gasteiger partial charge >= 0.3 is 0 Å². The summed E-state index contributed by atoms with van der Waals surface area (Å²) in [6.07, 6.45) is 2.10. The Hall–Kier alpha value is -2.77. The molecule has 1 aliphatic heterocycles. The lowest BCUT2D eigenvalue weighted by Crippen LogP contribution is -3.14. The lowest BCUT2D eigenvalue weighted by molar-refractivity contribution is -0.897. The number of thiazole rings is 1. The maximum atomic E-state index is 12.5. The van der Waals surface area contributed by atoms with Gasteiger partial charge in [0.1, 0.15) is 0 Å². The molecule has 1 fully saturated rings. The SMILES string of the molecule is CNC(=O)c1cccc(NC(=O)C[NH+]2CCC(c3nc4ccccc4s3)CC2)c1. The molecule has 6 nitrogen and oxygen atoms in total. The van der Waals surface area contributed by atoms with E-state index in [4.69, 9.17) is 4.98 Å². The number of para-hydroxylation sites is 1. The van der Waals surface area contributed by atoms with Crippen LogP contribution in [-0.4, -0.2) is 43.5 Å². The van der Waals surface area contributed by atoms with Crippen molar-refractivity contribution >= 4 is 39.1 Å². The lowest BCUT2D eigenvalue weighted by Gasteiger charge is -2.27. The minimum absolute atomic E-state index is 0.0208. The van der Waals surface area contributed by atoms with E-state index in [1.807, 2.05) is 6.07 Å². The maximum Gasteiger partial charge on any atom is 0.279 e. The van der Waals surface area contributed by atoms with Gasteiger partial charge in [0.15, 0.2) is 6.54 Å². The van der Waals surface area contributed by atoms with Gasteiger partial charge in [0.25, 0.3) is 11.8 Å². The predicted molar refractivity (Wildman–Crippen MR) is 116 cm³/mol. The van der Waals surface area contributed by atoms with Crippen LogP contribution in [0.1, 0.15) is 34.1 Å². The van der Waals surface area contributed by atoms with Gasteiger partial charge in [-0.25, -0.2) is 4.98 Å². The third kappa shape index (κ3) is 4.63. The highest BCUT2D eigenvalue weighted by atomic mass is 32.1.